The van der Waals surface area contributed by atoms with Crippen LogP contribution in [0, 0.1) is 0 Å². The molecule has 2 atom stereocenters. The predicted octanol–water partition coefficient (Wildman–Crippen LogP) is 4.43. The lowest BCUT2D eigenvalue weighted by atomic mass is 10.2. The number of ether oxygens (including phenoxy) is 5. The maximum Gasteiger partial charge on any atom is 0.157 e. The van der Waals surface area contributed by atoms with Crippen LogP contribution in [0.3, 0.4) is 0 Å². The fourth-order valence-electron chi connectivity index (χ4n) is 3.18. The molecule has 5 nitrogen and oxygen atoms in total. The van der Waals surface area contributed by atoms with Crippen LogP contribution in [-0.4, -0.2) is 52.2 Å². The molecule has 2 aliphatic heterocycles. The topological polar surface area (TPSA) is 46.2 Å². The average Bonchev–Trinajstić information content (AvgIpc) is 2.67. The number of hydrogen-bond acceptors (Lipinski definition) is 5. The molecule has 0 radical (unpaired) electrons. The molecular formula is C20H38O5. The summed E-state index contributed by atoms with van der Waals surface area (Å²) >= 11 is 0. The van der Waals surface area contributed by atoms with Gasteiger partial charge in [0.25, 0.3) is 0 Å². The average molecular weight is 359 g/mol. The third-order valence-corrected chi connectivity index (χ3v) is 4.75. The summed E-state index contributed by atoms with van der Waals surface area (Å²) in [5.74, 6) is 0. The minimum atomic E-state index is 0.0543. The second-order valence-electron chi connectivity index (χ2n) is 7.07. The zero-order valence-corrected chi connectivity index (χ0v) is 15.9. The van der Waals surface area contributed by atoms with E-state index in [4.69, 9.17) is 23.7 Å². The first-order valence-electron chi connectivity index (χ1n) is 10.5. The molecule has 0 aromatic carbocycles. The monoisotopic (exact) mass is 358 g/mol. The van der Waals surface area contributed by atoms with Gasteiger partial charge in [0.2, 0.25) is 0 Å². The summed E-state index contributed by atoms with van der Waals surface area (Å²) in [6.45, 7) is 5.08. The largest absolute Gasteiger partial charge is 0.381 e. The molecule has 0 aromatic rings. The Morgan fingerprint density at radius 2 is 1.04 bits per heavy atom. The summed E-state index contributed by atoms with van der Waals surface area (Å²) in [6.07, 6.45) is 13.8. The Labute approximate surface area is 153 Å². The first-order chi connectivity index (χ1) is 12.4. The lowest BCUT2D eigenvalue weighted by molar-refractivity contribution is -0.163. The number of rotatable bonds is 14. The van der Waals surface area contributed by atoms with Crippen LogP contribution in [0.4, 0.5) is 0 Å². The maximum atomic E-state index is 5.73. The highest BCUT2D eigenvalue weighted by Crippen LogP contribution is 2.15. The molecule has 0 aliphatic carbocycles. The van der Waals surface area contributed by atoms with Crippen LogP contribution in [0.5, 0.6) is 0 Å². The molecule has 0 aromatic heterocycles. The number of unbranched alkanes of at least 4 members (excludes halogenated alkanes) is 4. The van der Waals surface area contributed by atoms with Crippen LogP contribution in [0.25, 0.3) is 0 Å². The van der Waals surface area contributed by atoms with Crippen molar-refractivity contribution in [2.45, 2.75) is 89.6 Å². The normalized spacial score (nSPS) is 24.5. The van der Waals surface area contributed by atoms with Crippen molar-refractivity contribution < 1.29 is 23.7 Å². The summed E-state index contributed by atoms with van der Waals surface area (Å²) in [5, 5.41) is 0. The van der Waals surface area contributed by atoms with Crippen molar-refractivity contribution in [3.8, 4) is 0 Å². The van der Waals surface area contributed by atoms with Gasteiger partial charge in [-0.25, -0.2) is 0 Å². The predicted molar refractivity (Wildman–Crippen MR) is 97.6 cm³/mol. The van der Waals surface area contributed by atoms with Gasteiger partial charge in [-0.15, -0.1) is 0 Å². The fraction of sp³-hybridized carbons (Fsp3) is 1.00. The van der Waals surface area contributed by atoms with Crippen molar-refractivity contribution in [3.63, 3.8) is 0 Å². The Kier molecular flexibility index (Phi) is 12.6. The molecule has 2 saturated heterocycles. The molecular weight excluding hydrogens is 320 g/mol. The van der Waals surface area contributed by atoms with E-state index >= 15 is 0 Å². The molecule has 148 valence electrons. The van der Waals surface area contributed by atoms with Crippen LogP contribution in [-0.2, 0) is 23.7 Å². The van der Waals surface area contributed by atoms with Gasteiger partial charge in [-0.1, -0.05) is 0 Å². The summed E-state index contributed by atoms with van der Waals surface area (Å²) < 4.78 is 28.2. The molecule has 0 saturated carbocycles. The van der Waals surface area contributed by atoms with Gasteiger partial charge in [0.1, 0.15) is 0 Å². The molecule has 2 unspecified atom stereocenters. The first kappa shape index (κ1) is 21.1. The molecule has 0 N–H and O–H groups in total. The van der Waals surface area contributed by atoms with E-state index in [2.05, 4.69) is 0 Å². The van der Waals surface area contributed by atoms with Crippen molar-refractivity contribution in [2.75, 3.05) is 39.6 Å². The minimum Gasteiger partial charge on any atom is -0.381 e. The summed E-state index contributed by atoms with van der Waals surface area (Å²) in [5.41, 5.74) is 0. The fourth-order valence-corrected chi connectivity index (χ4v) is 3.18. The lowest BCUT2D eigenvalue weighted by Gasteiger charge is -2.22. The van der Waals surface area contributed by atoms with Crippen molar-refractivity contribution in [2.24, 2.45) is 0 Å². The second kappa shape index (κ2) is 14.9. The van der Waals surface area contributed by atoms with E-state index in [-0.39, 0.29) is 12.6 Å². The molecule has 2 aliphatic rings. The van der Waals surface area contributed by atoms with E-state index in [1.807, 2.05) is 0 Å². The van der Waals surface area contributed by atoms with Gasteiger partial charge in [-0.05, 0) is 77.0 Å². The van der Waals surface area contributed by atoms with Crippen molar-refractivity contribution in [1.29, 1.82) is 0 Å². The third-order valence-electron chi connectivity index (χ3n) is 4.75. The molecule has 0 amide bonds. The quantitative estimate of drug-likeness (QED) is 0.430. The first-order valence-corrected chi connectivity index (χ1v) is 10.5. The number of hydrogen-bond donors (Lipinski definition) is 0. The summed E-state index contributed by atoms with van der Waals surface area (Å²) in [4.78, 5) is 0. The van der Waals surface area contributed by atoms with E-state index in [0.29, 0.717) is 0 Å². The van der Waals surface area contributed by atoms with Crippen molar-refractivity contribution in [1.82, 2.24) is 0 Å². The molecule has 5 heteroatoms. The minimum absolute atomic E-state index is 0.0543. The zero-order valence-electron chi connectivity index (χ0n) is 15.9. The van der Waals surface area contributed by atoms with E-state index in [9.17, 15) is 0 Å². The Morgan fingerprint density at radius 3 is 1.48 bits per heavy atom. The Bertz CT molecular complexity index is 260. The highest BCUT2D eigenvalue weighted by atomic mass is 16.7. The highest BCUT2D eigenvalue weighted by Gasteiger charge is 2.14. The van der Waals surface area contributed by atoms with Crippen molar-refractivity contribution in [3.05, 3.63) is 0 Å². The Hall–Kier alpha value is -0.200. The second-order valence-corrected chi connectivity index (χ2v) is 7.07. The maximum absolute atomic E-state index is 5.73. The van der Waals surface area contributed by atoms with E-state index in [1.165, 1.54) is 38.5 Å². The molecule has 2 fully saturated rings. The van der Waals surface area contributed by atoms with Gasteiger partial charge in [0.15, 0.2) is 12.6 Å². The van der Waals surface area contributed by atoms with Crippen LogP contribution in [0.1, 0.15) is 77.0 Å². The highest BCUT2D eigenvalue weighted by molar-refractivity contribution is 4.55. The SMILES string of the molecule is C(CCOCCCCCOC1CCCCO1)CCOC1CCCCO1. The van der Waals surface area contributed by atoms with Crippen LogP contribution in [0.2, 0.25) is 0 Å². The van der Waals surface area contributed by atoms with Gasteiger partial charge in [-0.2, -0.15) is 0 Å². The summed E-state index contributed by atoms with van der Waals surface area (Å²) in [7, 11) is 0. The standard InChI is InChI=1S/C20H38O5/c1(7-15-22-19-11-3-9-17-24-19)5-13-21-14-6-2-8-16-23-20-12-4-10-18-25-20/h19-20H,1-18H2. The van der Waals surface area contributed by atoms with E-state index in [1.54, 1.807) is 0 Å². The Morgan fingerprint density at radius 1 is 0.560 bits per heavy atom. The van der Waals surface area contributed by atoms with E-state index < -0.39 is 0 Å². The van der Waals surface area contributed by atoms with Gasteiger partial charge in [-0.3, -0.25) is 0 Å². The van der Waals surface area contributed by atoms with Crippen LogP contribution in [0.15, 0.2) is 0 Å². The van der Waals surface area contributed by atoms with Gasteiger partial charge < -0.3 is 23.7 Å². The van der Waals surface area contributed by atoms with Gasteiger partial charge >= 0.3 is 0 Å². The van der Waals surface area contributed by atoms with Gasteiger partial charge in [0, 0.05) is 39.6 Å². The van der Waals surface area contributed by atoms with E-state index in [0.717, 1.165) is 78.2 Å². The van der Waals surface area contributed by atoms with Crippen molar-refractivity contribution >= 4 is 0 Å². The molecule has 2 heterocycles. The van der Waals surface area contributed by atoms with Gasteiger partial charge in [0.05, 0.1) is 0 Å². The Balaban J connectivity index is 1.23. The third kappa shape index (κ3) is 11.2. The lowest BCUT2D eigenvalue weighted by Crippen LogP contribution is -2.22. The molecule has 0 spiro atoms. The van der Waals surface area contributed by atoms with Crippen LogP contribution < -0.4 is 0 Å². The smallest absolute Gasteiger partial charge is 0.157 e. The zero-order chi connectivity index (χ0) is 17.4. The molecule has 2 rings (SSSR count). The summed E-state index contributed by atoms with van der Waals surface area (Å²) in [6, 6.07) is 0. The van der Waals surface area contributed by atoms with Crippen LogP contribution >= 0.6 is 0 Å². The molecule has 25 heavy (non-hydrogen) atoms. The molecule has 0 bridgehead atoms.